The quantitative estimate of drug-likeness (QED) is 0.165. The Labute approximate surface area is 158 Å². The van der Waals surface area contributed by atoms with Crippen LogP contribution in [0.2, 0.25) is 0 Å². The highest BCUT2D eigenvalue weighted by Crippen LogP contribution is 2.30. The third-order valence-electron chi connectivity index (χ3n) is 4.98. The van der Waals surface area contributed by atoms with Gasteiger partial charge in [0, 0.05) is 7.11 Å². The van der Waals surface area contributed by atoms with E-state index < -0.39 is 0 Å². The summed E-state index contributed by atoms with van der Waals surface area (Å²) in [6.07, 6.45) is 24.1. The first kappa shape index (κ1) is 24.2. The van der Waals surface area contributed by atoms with Crippen molar-refractivity contribution in [2.45, 2.75) is 105 Å². The third-order valence-corrected chi connectivity index (χ3v) is 4.98. The minimum absolute atomic E-state index is 0.403. The molecular formula is C24H44O. The molecule has 0 fully saturated rings. The zero-order valence-corrected chi connectivity index (χ0v) is 17.9. The summed E-state index contributed by atoms with van der Waals surface area (Å²) in [5.74, 6) is 0. The molecule has 0 saturated carbocycles. The highest BCUT2D eigenvalue weighted by molar-refractivity contribution is 5.11. The summed E-state index contributed by atoms with van der Waals surface area (Å²) in [7, 11) is 1.83. The highest BCUT2D eigenvalue weighted by atomic mass is 16.5. The Bertz CT molecular complexity index is 383. The van der Waals surface area contributed by atoms with Gasteiger partial charge in [-0.3, -0.25) is 0 Å². The van der Waals surface area contributed by atoms with E-state index in [1.54, 1.807) is 0 Å². The molecule has 1 atom stereocenters. The fraction of sp³-hybridized carbons (Fsp3) is 0.750. The van der Waals surface area contributed by atoms with Crippen LogP contribution in [0.4, 0.5) is 0 Å². The summed E-state index contributed by atoms with van der Waals surface area (Å²) in [6.45, 7) is 11.4. The lowest BCUT2D eigenvalue weighted by molar-refractivity contribution is 0.0876. The molecule has 0 aliphatic carbocycles. The standard InChI is InChI=1S/C24H44O/c1-7-15-23(25-6)18-17-22(4)16-13-11-10-12-14-21-24(5,19-8-2)20-9-3/h11,13-14,16,21,23H,7-10,12,15,17-20H2,1-6H3. The van der Waals surface area contributed by atoms with Crippen LogP contribution < -0.4 is 0 Å². The van der Waals surface area contributed by atoms with Gasteiger partial charge in [-0.2, -0.15) is 0 Å². The van der Waals surface area contributed by atoms with Crippen LogP contribution >= 0.6 is 0 Å². The van der Waals surface area contributed by atoms with E-state index in [1.807, 2.05) is 7.11 Å². The molecule has 0 rings (SSSR count). The van der Waals surface area contributed by atoms with Gasteiger partial charge >= 0.3 is 0 Å². The third kappa shape index (κ3) is 13.1. The molecule has 0 saturated heterocycles. The first-order valence-electron chi connectivity index (χ1n) is 10.5. The van der Waals surface area contributed by atoms with Crippen molar-refractivity contribution in [2.24, 2.45) is 5.41 Å². The predicted molar refractivity (Wildman–Crippen MR) is 114 cm³/mol. The molecule has 0 N–H and O–H groups in total. The molecule has 1 heteroatoms. The number of hydrogen-bond acceptors (Lipinski definition) is 1. The Kier molecular flexibility index (Phi) is 14.9. The molecule has 0 heterocycles. The number of methoxy groups -OCH3 is 1. The number of rotatable bonds is 15. The Morgan fingerprint density at radius 3 is 2.16 bits per heavy atom. The average molecular weight is 349 g/mol. The van der Waals surface area contributed by atoms with Gasteiger partial charge in [0.1, 0.15) is 0 Å². The fourth-order valence-corrected chi connectivity index (χ4v) is 3.50. The summed E-state index contributed by atoms with van der Waals surface area (Å²) < 4.78 is 5.52. The molecule has 1 nitrogen and oxygen atoms in total. The van der Waals surface area contributed by atoms with Gasteiger partial charge in [0.2, 0.25) is 0 Å². The molecule has 0 bridgehead atoms. The summed E-state index contributed by atoms with van der Waals surface area (Å²) in [6, 6.07) is 0. The molecule has 0 aromatic rings. The lowest BCUT2D eigenvalue weighted by Gasteiger charge is -2.24. The van der Waals surface area contributed by atoms with Gasteiger partial charge < -0.3 is 4.74 Å². The Morgan fingerprint density at radius 1 is 0.960 bits per heavy atom. The summed E-state index contributed by atoms with van der Waals surface area (Å²) >= 11 is 0. The molecule has 0 amide bonds. The van der Waals surface area contributed by atoms with Crippen LogP contribution in [-0.4, -0.2) is 13.2 Å². The van der Waals surface area contributed by atoms with Gasteiger partial charge in [-0.25, -0.2) is 0 Å². The maximum atomic E-state index is 5.52. The normalized spacial score (nSPS) is 14.7. The van der Waals surface area contributed by atoms with E-state index >= 15 is 0 Å². The van der Waals surface area contributed by atoms with E-state index in [1.165, 1.54) is 44.1 Å². The minimum atomic E-state index is 0.403. The van der Waals surface area contributed by atoms with Crippen LogP contribution in [0.25, 0.3) is 0 Å². The zero-order valence-electron chi connectivity index (χ0n) is 17.9. The number of hydrogen-bond donors (Lipinski definition) is 0. The van der Waals surface area contributed by atoms with Gasteiger partial charge in [-0.15, -0.1) is 0 Å². The van der Waals surface area contributed by atoms with E-state index in [9.17, 15) is 0 Å². The SMILES string of the molecule is CCCC(CCC(C)=CC=CCCC=CC(C)(CCC)CCC)OC. The van der Waals surface area contributed by atoms with E-state index in [0.29, 0.717) is 11.5 Å². The molecule has 0 aromatic carbocycles. The summed E-state index contributed by atoms with van der Waals surface area (Å²) in [5.41, 5.74) is 1.85. The van der Waals surface area contributed by atoms with E-state index in [4.69, 9.17) is 4.74 Å². The first-order valence-corrected chi connectivity index (χ1v) is 10.5. The van der Waals surface area contributed by atoms with Crippen molar-refractivity contribution in [3.63, 3.8) is 0 Å². The van der Waals surface area contributed by atoms with Gasteiger partial charge in [0.15, 0.2) is 0 Å². The number of ether oxygens (including phenoxy) is 1. The van der Waals surface area contributed by atoms with Crippen molar-refractivity contribution >= 4 is 0 Å². The van der Waals surface area contributed by atoms with Crippen LogP contribution in [0.15, 0.2) is 36.0 Å². The van der Waals surface area contributed by atoms with Gasteiger partial charge in [0.25, 0.3) is 0 Å². The van der Waals surface area contributed by atoms with Crippen LogP contribution in [0, 0.1) is 5.41 Å². The maximum Gasteiger partial charge on any atom is 0.0574 e. The Hall–Kier alpha value is -0.820. The molecule has 146 valence electrons. The summed E-state index contributed by atoms with van der Waals surface area (Å²) in [4.78, 5) is 0. The van der Waals surface area contributed by atoms with Crippen molar-refractivity contribution in [1.82, 2.24) is 0 Å². The second kappa shape index (κ2) is 15.4. The molecule has 1 unspecified atom stereocenters. The summed E-state index contributed by atoms with van der Waals surface area (Å²) in [5, 5.41) is 0. The van der Waals surface area contributed by atoms with Crippen LogP contribution in [0.3, 0.4) is 0 Å². The smallest absolute Gasteiger partial charge is 0.0574 e. The van der Waals surface area contributed by atoms with Crippen molar-refractivity contribution in [3.8, 4) is 0 Å². The molecule has 0 aromatic heterocycles. The maximum absolute atomic E-state index is 5.52. The van der Waals surface area contributed by atoms with Crippen molar-refractivity contribution < 1.29 is 4.74 Å². The van der Waals surface area contributed by atoms with E-state index in [2.05, 4.69) is 65.0 Å². The number of unbranched alkanes of at least 4 members (excludes halogenated alkanes) is 1. The van der Waals surface area contributed by atoms with E-state index in [0.717, 1.165) is 25.7 Å². The van der Waals surface area contributed by atoms with Crippen LogP contribution in [0.5, 0.6) is 0 Å². The topological polar surface area (TPSA) is 9.23 Å². The molecule has 0 aliphatic heterocycles. The minimum Gasteiger partial charge on any atom is -0.381 e. The highest BCUT2D eigenvalue weighted by Gasteiger charge is 2.17. The first-order chi connectivity index (χ1) is 12.0. The second-order valence-electron chi connectivity index (χ2n) is 7.76. The van der Waals surface area contributed by atoms with E-state index in [-0.39, 0.29) is 0 Å². The van der Waals surface area contributed by atoms with Crippen LogP contribution in [0.1, 0.15) is 98.8 Å². The van der Waals surface area contributed by atoms with Crippen molar-refractivity contribution in [1.29, 1.82) is 0 Å². The van der Waals surface area contributed by atoms with Gasteiger partial charge in [-0.05, 0) is 57.3 Å². The largest absolute Gasteiger partial charge is 0.381 e. The average Bonchev–Trinajstić information content (AvgIpc) is 2.58. The molecule has 25 heavy (non-hydrogen) atoms. The Balaban J connectivity index is 4.12. The second-order valence-corrected chi connectivity index (χ2v) is 7.76. The molecule has 0 aliphatic rings. The van der Waals surface area contributed by atoms with Crippen molar-refractivity contribution in [3.05, 3.63) is 36.0 Å². The van der Waals surface area contributed by atoms with Gasteiger partial charge in [-0.1, -0.05) is 82.9 Å². The molecular weight excluding hydrogens is 304 g/mol. The zero-order chi connectivity index (χ0) is 19.0. The Morgan fingerprint density at radius 2 is 1.60 bits per heavy atom. The number of allylic oxidation sites excluding steroid dienone is 6. The van der Waals surface area contributed by atoms with Crippen LogP contribution in [-0.2, 0) is 4.74 Å². The van der Waals surface area contributed by atoms with Gasteiger partial charge in [0.05, 0.1) is 6.10 Å². The monoisotopic (exact) mass is 348 g/mol. The van der Waals surface area contributed by atoms with Crippen molar-refractivity contribution in [2.75, 3.05) is 7.11 Å². The lowest BCUT2D eigenvalue weighted by atomic mass is 9.81. The lowest BCUT2D eigenvalue weighted by Crippen LogP contribution is -2.12. The fourth-order valence-electron chi connectivity index (χ4n) is 3.50. The molecule has 0 spiro atoms. The predicted octanol–water partition coefficient (Wildman–Crippen LogP) is 8.03. The molecule has 0 radical (unpaired) electrons.